The fourth-order valence-electron chi connectivity index (χ4n) is 2.13. The van der Waals surface area contributed by atoms with Crippen molar-refractivity contribution in [3.63, 3.8) is 0 Å². The lowest BCUT2D eigenvalue weighted by Gasteiger charge is -2.04. The minimum Gasteiger partial charge on any atom is -0.364 e. The van der Waals surface area contributed by atoms with Crippen molar-refractivity contribution in [1.82, 2.24) is 15.5 Å². The van der Waals surface area contributed by atoms with E-state index in [1.54, 1.807) is 23.8 Å². The fraction of sp³-hybridized carbons (Fsp3) is 0.267. The minimum atomic E-state index is -0.0479. The Bertz CT molecular complexity index is 749. The molecule has 0 atom stereocenters. The van der Waals surface area contributed by atoms with E-state index in [1.165, 1.54) is 0 Å². The zero-order valence-electron chi connectivity index (χ0n) is 11.6. The molecular formula is C15H15N3O2S. The van der Waals surface area contributed by atoms with Gasteiger partial charge >= 0.3 is 0 Å². The largest absolute Gasteiger partial charge is 0.364 e. The molecule has 0 spiro atoms. The van der Waals surface area contributed by atoms with E-state index in [0.29, 0.717) is 12.1 Å². The van der Waals surface area contributed by atoms with Gasteiger partial charge < -0.3 is 9.84 Å². The Morgan fingerprint density at radius 1 is 1.43 bits per heavy atom. The Balaban J connectivity index is 1.56. The van der Waals surface area contributed by atoms with Gasteiger partial charge in [0.15, 0.2) is 0 Å². The molecule has 0 aliphatic rings. The smallest absolute Gasteiger partial charge is 0.251 e. The van der Waals surface area contributed by atoms with Gasteiger partial charge in [-0.1, -0.05) is 5.16 Å². The van der Waals surface area contributed by atoms with E-state index < -0.39 is 0 Å². The highest BCUT2D eigenvalue weighted by Gasteiger charge is 2.08. The van der Waals surface area contributed by atoms with Crippen LogP contribution in [0.1, 0.15) is 27.3 Å². The number of aryl methyl sites for hydroxylation is 2. The summed E-state index contributed by atoms with van der Waals surface area (Å²) in [6.07, 6.45) is 5.02. The monoisotopic (exact) mass is 301 g/mol. The van der Waals surface area contributed by atoms with Crippen molar-refractivity contribution in [2.45, 2.75) is 19.8 Å². The first kappa shape index (κ1) is 13.8. The summed E-state index contributed by atoms with van der Waals surface area (Å²) in [5.41, 5.74) is 2.67. The van der Waals surface area contributed by atoms with Gasteiger partial charge in [-0.15, -0.1) is 11.3 Å². The average molecular weight is 301 g/mol. The lowest BCUT2D eigenvalue weighted by molar-refractivity contribution is 0.0953. The van der Waals surface area contributed by atoms with Crippen LogP contribution in [0.2, 0.25) is 0 Å². The molecule has 6 heteroatoms. The van der Waals surface area contributed by atoms with Crippen LogP contribution in [0.15, 0.2) is 35.2 Å². The zero-order valence-corrected chi connectivity index (χ0v) is 12.4. The molecular weight excluding hydrogens is 286 g/mol. The highest BCUT2D eigenvalue weighted by Crippen LogP contribution is 2.22. The van der Waals surface area contributed by atoms with Gasteiger partial charge in [-0.25, -0.2) is 4.98 Å². The molecule has 2 heterocycles. The Kier molecular flexibility index (Phi) is 3.96. The maximum Gasteiger partial charge on any atom is 0.251 e. The summed E-state index contributed by atoms with van der Waals surface area (Å²) < 4.78 is 5.81. The SMILES string of the molecule is Cc1nc2ccc(C(=O)NCCCc3cnoc3)cc2s1. The lowest BCUT2D eigenvalue weighted by atomic mass is 10.2. The predicted octanol–water partition coefficient (Wildman–Crippen LogP) is 2.96. The van der Waals surface area contributed by atoms with E-state index in [1.807, 2.05) is 25.1 Å². The molecule has 1 aromatic carbocycles. The second-order valence-corrected chi connectivity index (χ2v) is 6.04. The van der Waals surface area contributed by atoms with Crippen LogP contribution in [0.25, 0.3) is 10.2 Å². The number of carbonyl (C=O) groups is 1. The van der Waals surface area contributed by atoms with Crippen LogP contribution in [0.5, 0.6) is 0 Å². The van der Waals surface area contributed by atoms with E-state index in [4.69, 9.17) is 4.52 Å². The van der Waals surface area contributed by atoms with Crippen LogP contribution in [0.4, 0.5) is 0 Å². The van der Waals surface area contributed by atoms with Gasteiger partial charge in [-0.05, 0) is 38.0 Å². The second-order valence-electron chi connectivity index (χ2n) is 4.81. The number of rotatable bonds is 5. The van der Waals surface area contributed by atoms with Crippen LogP contribution in [-0.2, 0) is 6.42 Å². The lowest BCUT2D eigenvalue weighted by Crippen LogP contribution is -2.24. The zero-order chi connectivity index (χ0) is 14.7. The molecule has 0 aliphatic carbocycles. The first-order valence-corrected chi connectivity index (χ1v) is 7.58. The highest BCUT2D eigenvalue weighted by atomic mass is 32.1. The number of nitrogens with one attached hydrogen (secondary N) is 1. The van der Waals surface area contributed by atoms with Crippen molar-refractivity contribution in [2.75, 3.05) is 6.54 Å². The molecule has 0 radical (unpaired) electrons. The quantitative estimate of drug-likeness (QED) is 0.736. The van der Waals surface area contributed by atoms with Crippen molar-refractivity contribution < 1.29 is 9.32 Å². The number of nitrogens with zero attached hydrogens (tertiary/aromatic N) is 2. The molecule has 0 bridgehead atoms. The van der Waals surface area contributed by atoms with Crippen molar-refractivity contribution in [1.29, 1.82) is 0 Å². The van der Waals surface area contributed by atoms with Gasteiger partial charge in [0.05, 0.1) is 21.4 Å². The molecule has 0 aliphatic heterocycles. The van der Waals surface area contributed by atoms with Gasteiger partial charge in [-0.3, -0.25) is 4.79 Å². The maximum atomic E-state index is 12.1. The second kappa shape index (κ2) is 6.05. The van der Waals surface area contributed by atoms with Crippen LogP contribution in [0, 0.1) is 6.92 Å². The molecule has 0 saturated carbocycles. The summed E-state index contributed by atoms with van der Waals surface area (Å²) >= 11 is 1.60. The van der Waals surface area contributed by atoms with Gasteiger partial charge in [-0.2, -0.15) is 0 Å². The summed E-state index contributed by atoms with van der Waals surface area (Å²) in [6, 6.07) is 5.61. The molecule has 0 saturated heterocycles. The molecule has 108 valence electrons. The summed E-state index contributed by atoms with van der Waals surface area (Å²) in [6.45, 7) is 2.60. The summed E-state index contributed by atoms with van der Waals surface area (Å²) in [5, 5.41) is 7.59. The van der Waals surface area contributed by atoms with E-state index >= 15 is 0 Å². The topological polar surface area (TPSA) is 68.0 Å². The molecule has 0 fully saturated rings. The third kappa shape index (κ3) is 3.28. The van der Waals surface area contributed by atoms with Crippen molar-refractivity contribution in [2.24, 2.45) is 0 Å². The van der Waals surface area contributed by atoms with Crippen LogP contribution in [-0.4, -0.2) is 22.6 Å². The number of hydrogen-bond acceptors (Lipinski definition) is 5. The molecule has 1 N–H and O–H groups in total. The number of fused-ring (bicyclic) bond motifs is 1. The van der Waals surface area contributed by atoms with E-state index in [-0.39, 0.29) is 5.91 Å². The molecule has 21 heavy (non-hydrogen) atoms. The molecule has 0 unspecified atom stereocenters. The van der Waals surface area contributed by atoms with Gasteiger partial charge in [0.2, 0.25) is 0 Å². The number of hydrogen-bond donors (Lipinski definition) is 1. The van der Waals surface area contributed by atoms with E-state index in [9.17, 15) is 4.79 Å². The number of amides is 1. The molecule has 1 amide bonds. The molecule has 3 aromatic rings. The van der Waals surface area contributed by atoms with E-state index in [2.05, 4.69) is 15.5 Å². The number of carbonyl (C=O) groups excluding carboxylic acids is 1. The number of aromatic nitrogens is 2. The normalized spacial score (nSPS) is 10.9. The Morgan fingerprint density at radius 2 is 2.33 bits per heavy atom. The first-order chi connectivity index (χ1) is 10.2. The van der Waals surface area contributed by atoms with Crippen molar-refractivity contribution in [3.8, 4) is 0 Å². The summed E-state index contributed by atoms with van der Waals surface area (Å²) in [7, 11) is 0. The predicted molar refractivity (Wildman–Crippen MR) is 81.5 cm³/mol. The minimum absolute atomic E-state index is 0.0479. The molecule has 3 rings (SSSR count). The Hall–Kier alpha value is -2.21. The van der Waals surface area contributed by atoms with Crippen molar-refractivity contribution >= 4 is 27.5 Å². The van der Waals surface area contributed by atoms with E-state index in [0.717, 1.165) is 33.6 Å². The summed E-state index contributed by atoms with van der Waals surface area (Å²) in [4.78, 5) is 16.5. The van der Waals surface area contributed by atoms with Crippen LogP contribution < -0.4 is 5.32 Å². The molecule has 5 nitrogen and oxygen atoms in total. The van der Waals surface area contributed by atoms with Crippen molar-refractivity contribution in [3.05, 3.63) is 46.8 Å². The number of benzene rings is 1. The third-order valence-electron chi connectivity index (χ3n) is 3.17. The number of thiazole rings is 1. The third-order valence-corrected chi connectivity index (χ3v) is 4.10. The highest BCUT2D eigenvalue weighted by molar-refractivity contribution is 7.18. The van der Waals surface area contributed by atoms with Gasteiger partial charge in [0.1, 0.15) is 6.26 Å². The average Bonchev–Trinajstić information content (AvgIpc) is 3.10. The maximum absolute atomic E-state index is 12.1. The van der Waals surface area contributed by atoms with Crippen LogP contribution in [0.3, 0.4) is 0 Å². The molecule has 2 aromatic heterocycles. The first-order valence-electron chi connectivity index (χ1n) is 6.76. The summed E-state index contributed by atoms with van der Waals surface area (Å²) in [5.74, 6) is -0.0479. The fourth-order valence-corrected chi connectivity index (χ4v) is 2.99. The standard InChI is InChI=1S/C15H15N3O2S/c1-10-18-13-5-4-12(7-14(13)21-10)15(19)16-6-2-3-11-8-17-20-9-11/h4-5,7-9H,2-3,6H2,1H3,(H,16,19). The Morgan fingerprint density at radius 3 is 3.14 bits per heavy atom. The Labute approximate surface area is 126 Å². The van der Waals surface area contributed by atoms with Crippen LogP contribution >= 0.6 is 11.3 Å². The van der Waals surface area contributed by atoms with Gasteiger partial charge in [0, 0.05) is 17.7 Å². The van der Waals surface area contributed by atoms with Gasteiger partial charge in [0.25, 0.3) is 5.91 Å².